The second kappa shape index (κ2) is 6.85. The Bertz CT molecular complexity index is 627. The van der Waals surface area contributed by atoms with Crippen LogP contribution in [0, 0.1) is 5.82 Å². The van der Waals surface area contributed by atoms with Gasteiger partial charge < -0.3 is 15.8 Å². The van der Waals surface area contributed by atoms with Crippen molar-refractivity contribution in [3.05, 3.63) is 59.4 Å². The van der Waals surface area contributed by atoms with Crippen LogP contribution in [-0.2, 0) is 17.8 Å². The molecule has 0 aromatic heterocycles. The fourth-order valence-corrected chi connectivity index (χ4v) is 1.95. The summed E-state index contributed by atoms with van der Waals surface area (Å²) in [5.74, 6) is 0.0454. The zero-order chi connectivity index (χ0) is 15.2. The molecule has 0 saturated carbocycles. The standard InChI is InChI=1S/C16H17FN2O2/c1-21-15-8-12(10-18)4-7-14(15)19-16(20)9-11-2-5-13(17)6-3-11/h2-8H,9-10,18H2,1H3,(H,19,20). The summed E-state index contributed by atoms with van der Waals surface area (Å²) in [6.45, 7) is 0.403. The molecule has 0 spiro atoms. The quantitative estimate of drug-likeness (QED) is 0.888. The van der Waals surface area contributed by atoms with Crippen molar-refractivity contribution in [3.63, 3.8) is 0 Å². The number of ether oxygens (including phenoxy) is 1. The van der Waals surface area contributed by atoms with Crippen molar-refractivity contribution < 1.29 is 13.9 Å². The van der Waals surface area contributed by atoms with Gasteiger partial charge in [0.2, 0.25) is 5.91 Å². The minimum atomic E-state index is -0.321. The van der Waals surface area contributed by atoms with Gasteiger partial charge in [0.05, 0.1) is 19.2 Å². The number of amides is 1. The van der Waals surface area contributed by atoms with E-state index in [9.17, 15) is 9.18 Å². The molecule has 2 rings (SSSR count). The Morgan fingerprint density at radius 3 is 2.48 bits per heavy atom. The molecule has 0 radical (unpaired) electrons. The number of halogens is 1. The lowest BCUT2D eigenvalue weighted by atomic mass is 10.1. The fraction of sp³-hybridized carbons (Fsp3) is 0.188. The Morgan fingerprint density at radius 2 is 1.86 bits per heavy atom. The van der Waals surface area contributed by atoms with Gasteiger partial charge in [0.25, 0.3) is 0 Å². The first kappa shape index (κ1) is 15.0. The van der Waals surface area contributed by atoms with E-state index in [0.717, 1.165) is 11.1 Å². The summed E-state index contributed by atoms with van der Waals surface area (Å²) >= 11 is 0. The zero-order valence-electron chi connectivity index (χ0n) is 11.7. The van der Waals surface area contributed by atoms with Crippen LogP contribution in [0.3, 0.4) is 0 Å². The molecule has 4 nitrogen and oxygen atoms in total. The van der Waals surface area contributed by atoms with Crippen molar-refractivity contribution in [1.82, 2.24) is 0 Å². The Morgan fingerprint density at radius 1 is 1.19 bits per heavy atom. The molecule has 110 valence electrons. The second-order valence-electron chi connectivity index (χ2n) is 4.59. The van der Waals surface area contributed by atoms with E-state index >= 15 is 0 Å². The summed E-state index contributed by atoms with van der Waals surface area (Å²) in [4.78, 5) is 12.0. The predicted octanol–water partition coefficient (Wildman–Crippen LogP) is 2.47. The van der Waals surface area contributed by atoms with Crippen molar-refractivity contribution in [2.45, 2.75) is 13.0 Å². The predicted molar refractivity (Wildman–Crippen MR) is 79.6 cm³/mol. The SMILES string of the molecule is COc1cc(CN)ccc1NC(=O)Cc1ccc(F)cc1. The normalized spacial score (nSPS) is 10.2. The lowest BCUT2D eigenvalue weighted by Crippen LogP contribution is -2.15. The minimum Gasteiger partial charge on any atom is -0.495 e. The van der Waals surface area contributed by atoms with Crippen LogP contribution in [0.25, 0.3) is 0 Å². The van der Waals surface area contributed by atoms with E-state index in [4.69, 9.17) is 10.5 Å². The molecular weight excluding hydrogens is 271 g/mol. The van der Waals surface area contributed by atoms with Gasteiger partial charge in [-0.1, -0.05) is 18.2 Å². The first-order valence-electron chi connectivity index (χ1n) is 6.53. The highest BCUT2D eigenvalue weighted by atomic mass is 19.1. The number of hydrogen-bond donors (Lipinski definition) is 2. The minimum absolute atomic E-state index is 0.169. The van der Waals surface area contributed by atoms with Crippen LogP contribution in [0.15, 0.2) is 42.5 Å². The van der Waals surface area contributed by atoms with Gasteiger partial charge in [-0.15, -0.1) is 0 Å². The van der Waals surface area contributed by atoms with Gasteiger partial charge in [-0.05, 0) is 35.4 Å². The Hall–Kier alpha value is -2.40. The summed E-state index contributed by atoms with van der Waals surface area (Å²) < 4.78 is 18.0. The summed E-state index contributed by atoms with van der Waals surface area (Å²) in [5.41, 5.74) is 7.81. The van der Waals surface area contributed by atoms with E-state index < -0.39 is 0 Å². The molecule has 5 heteroatoms. The molecule has 0 heterocycles. The monoisotopic (exact) mass is 288 g/mol. The number of nitrogens with one attached hydrogen (secondary N) is 1. The number of hydrogen-bond acceptors (Lipinski definition) is 3. The number of anilines is 1. The van der Waals surface area contributed by atoms with Gasteiger partial charge in [0.15, 0.2) is 0 Å². The molecule has 21 heavy (non-hydrogen) atoms. The van der Waals surface area contributed by atoms with Gasteiger partial charge in [0.1, 0.15) is 11.6 Å². The van der Waals surface area contributed by atoms with E-state index in [1.54, 1.807) is 24.3 Å². The van der Waals surface area contributed by atoms with Crippen LogP contribution in [0.1, 0.15) is 11.1 Å². The van der Waals surface area contributed by atoms with Crippen LogP contribution >= 0.6 is 0 Å². The Kier molecular flexibility index (Phi) is 4.90. The molecule has 0 unspecified atom stereocenters. The van der Waals surface area contributed by atoms with Gasteiger partial charge >= 0.3 is 0 Å². The lowest BCUT2D eigenvalue weighted by molar-refractivity contribution is -0.115. The molecule has 0 atom stereocenters. The molecule has 0 saturated heterocycles. The average molecular weight is 288 g/mol. The molecule has 0 aliphatic carbocycles. The van der Waals surface area contributed by atoms with E-state index in [0.29, 0.717) is 18.0 Å². The van der Waals surface area contributed by atoms with Crippen molar-refractivity contribution in [2.75, 3.05) is 12.4 Å². The van der Waals surface area contributed by atoms with Crippen molar-refractivity contribution in [1.29, 1.82) is 0 Å². The molecule has 0 fully saturated rings. The number of benzene rings is 2. The molecule has 3 N–H and O–H groups in total. The fourth-order valence-electron chi connectivity index (χ4n) is 1.95. The third-order valence-electron chi connectivity index (χ3n) is 3.05. The maximum Gasteiger partial charge on any atom is 0.228 e. The van der Waals surface area contributed by atoms with E-state index in [1.807, 2.05) is 6.07 Å². The van der Waals surface area contributed by atoms with E-state index in [2.05, 4.69) is 5.32 Å². The van der Waals surface area contributed by atoms with Gasteiger partial charge in [-0.3, -0.25) is 4.79 Å². The molecule has 0 aliphatic heterocycles. The third kappa shape index (κ3) is 4.03. The molecule has 0 aliphatic rings. The van der Waals surface area contributed by atoms with Gasteiger partial charge in [-0.2, -0.15) is 0 Å². The maximum absolute atomic E-state index is 12.8. The lowest BCUT2D eigenvalue weighted by Gasteiger charge is -2.11. The largest absolute Gasteiger partial charge is 0.495 e. The van der Waals surface area contributed by atoms with Crippen LogP contribution in [0.2, 0.25) is 0 Å². The number of nitrogens with two attached hydrogens (primary N) is 1. The Labute approximate surface area is 122 Å². The summed E-state index contributed by atoms with van der Waals surface area (Å²) in [6.07, 6.45) is 0.169. The van der Waals surface area contributed by atoms with E-state index in [1.165, 1.54) is 19.2 Å². The summed E-state index contributed by atoms with van der Waals surface area (Å²) in [5, 5.41) is 2.78. The molecule has 2 aromatic carbocycles. The van der Waals surface area contributed by atoms with Crippen LogP contribution < -0.4 is 15.8 Å². The molecule has 2 aromatic rings. The van der Waals surface area contributed by atoms with Crippen LogP contribution in [-0.4, -0.2) is 13.0 Å². The Balaban J connectivity index is 2.07. The summed E-state index contributed by atoms with van der Waals surface area (Å²) in [6, 6.07) is 11.2. The number of rotatable bonds is 5. The van der Waals surface area contributed by atoms with Gasteiger partial charge in [-0.25, -0.2) is 4.39 Å². The molecule has 0 bridgehead atoms. The highest BCUT2D eigenvalue weighted by molar-refractivity contribution is 5.93. The number of carbonyl (C=O) groups is 1. The molecular formula is C16H17FN2O2. The highest BCUT2D eigenvalue weighted by Crippen LogP contribution is 2.25. The smallest absolute Gasteiger partial charge is 0.228 e. The van der Waals surface area contributed by atoms with Crippen LogP contribution in [0.5, 0.6) is 5.75 Å². The maximum atomic E-state index is 12.8. The first-order valence-corrected chi connectivity index (χ1v) is 6.53. The van der Waals surface area contributed by atoms with Crippen molar-refractivity contribution in [2.24, 2.45) is 5.73 Å². The van der Waals surface area contributed by atoms with Crippen molar-refractivity contribution in [3.8, 4) is 5.75 Å². The zero-order valence-corrected chi connectivity index (χ0v) is 11.7. The summed E-state index contributed by atoms with van der Waals surface area (Å²) in [7, 11) is 1.53. The first-order chi connectivity index (χ1) is 10.1. The average Bonchev–Trinajstić information content (AvgIpc) is 2.50. The highest BCUT2D eigenvalue weighted by Gasteiger charge is 2.09. The van der Waals surface area contributed by atoms with Crippen LogP contribution in [0.4, 0.5) is 10.1 Å². The number of carbonyl (C=O) groups excluding carboxylic acids is 1. The van der Waals surface area contributed by atoms with E-state index in [-0.39, 0.29) is 18.1 Å². The topological polar surface area (TPSA) is 64.3 Å². The van der Waals surface area contributed by atoms with Gasteiger partial charge in [0, 0.05) is 6.54 Å². The number of methoxy groups -OCH3 is 1. The second-order valence-corrected chi connectivity index (χ2v) is 4.59. The van der Waals surface area contributed by atoms with Crippen molar-refractivity contribution >= 4 is 11.6 Å². The molecule has 1 amide bonds. The third-order valence-corrected chi connectivity index (χ3v) is 3.05.